The van der Waals surface area contributed by atoms with E-state index in [1.54, 1.807) is 6.07 Å². The van der Waals surface area contributed by atoms with Gasteiger partial charge in [0, 0.05) is 19.1 Å². The molecule has 0 amide bonds. The number of hydrogen-bond donors (Lipinski definition) is 1. The SMILES string of the molecule is N#Cc1cc(F)ccc1NCC1CN2CCCCC2CO1. The summed E-state index contributed by atoms with van der Waals surface area (Å²) in [7, 11) is 0. The number of nitrogens with one attached hydrogen (secondary N) is 1. The fraction of sp³-hybridized carbons (Fsp3) is 0.562. The maximum Gasteiger partial charge on any atom is 0.124 e. The maximum absolute atomic E-state index is 13.1. The molecule has 2 aliphatic heterocycles. The summed E-state index contributed by atoms with van der Waals surface area (Å²) in [5.74, 6) is -0.387. The summed E-state index contributed by atoms with van der Waals surface area (Å²) in [6.45, 7) is 3.52. The van der Waals surface area contributed by atoms with Crippen LogP contribution in [0.3, 0.4) is 0 Å². The van der Waals surface area contributed by atoms with Crippen molar-refractivity contribution < 1.29 is 9.13 Å². The van der Waals surface area contributed by atoms with E-state index in [9.17, 15) is 4.39 Å². The monoisotopic (exact) mass is 289 g/mol. The van der Waals surface area contributed by atoms with Gasteiger partial charge in [0.05, 0.1) is 24.0 Å². The number of nitrogens with zero attached hydrogens (tertiary/aromatic N) is 2. The van der Waals surface area contributed by atoms with Crippen molar-refractivity contribution in [1.82, 2.24) is 4.90 Å². The zero-order valence-corrected chi connectivity index (χ0v) is 12.0. The quantitative estimate of drug-likeness (QED) is 0.928. The van der Waals surface area contributed by atoms with Crippen molar-refractivity contribution in [2.24, 2.45) is 0 Å². The first-order chi connectivity index (χ1) is 10.3. The molecule has 0 saturated carbocycles. The van der Waals surface area contributed by atoms with E-state index in [4.69, 9.17) is 10.00 Å². The second-order valence-corrected chi connectivity index (χ2v) is 5.78. The molecule has 21 heavy (non-hydrogen) atoms. The number of piperidine rings is 1. The van der Waals surface area contributed by atoms with Crippen LogP contribution >= 0.6 is 0 Å². The molecule has 0 aliphatic carbocycles. The summed E-state index contributed by atoms with van der Waals surface area (Å²) >= 11 is 0. The van der Waals surface area contributed by atoms with E-state index in [0.717, 1.165) is 19.7 Å². The number of morpholine rings is 1. The predicted octanol–water partition coefficient (Wildman–Crippen LogP) is 2.36. The van der Waals surface area contributed by atoms with Crippen LogP contribution in [0.5, 0.6) is 0 Å². The largest absolute Gasteiger partial charge is 0.381 e. The molecule has 2 aliphatic rings. The third-order valence-corrected chi connectivity index (χ3v) is 4.33. The number of nitriles is 1. The fourth-order valence-electron chi connectivity index (χ4n) is 3.16. The predicted molar refractivity (Wildman–Crippen MR) is 78.6 cm³/mol. The van der Waals surface area contributed by atoms with Gasteiger partial charge in [-0.25, -0.2) is 4.39 Å². The van der Waals surface area contributed by atoms with Gasteiger partial charge >= 0.3 is 0 Å². The normalized spacial score (nSPS) is 25.9. The van der Waals surface area contributed by atoms with Gasteiger partial charge in [0.25, 0.3) is 0 Å². The van der Waals surface area contributed by atoms with Gasteiger partial charge in [0.15, 0.2) is 0 Å². The van der Waals surface area contributed by atoms with E-state index in [2.05, 4.69) is 10.2 Å². The summed E-state index contributed by atoms with van der Waals surface area (Å²) < 4.78 is 19.0. The molecule has 2 fully saturated rings. The van der Waals surface area contributed by atoms with Crippen LogP contribution in [0, 0.1) is 17.1 Å². The van der Waals surface area contributed by atoms with Crippen molar-refractivity contribution >= 4 is 5.69 Å². The lowest BCUT2D eigenvalue weighted by molar-refractivity contribution is -0.0688. The van der Waals surface area contributed by atoms with Crippen molar-refractivity contribution in [3.63, 3.8) is 0 Å². The first-order valence-corrected chi connectivity index (χ1v) is 7.55. The topological polar surface area (TPSA) is 48.3 Å². The van der Waals surface area contributed by atoms with Gasteiger partial charge in [-0.2, -0.15) is 5.26 Å². The number of hydrogen-bond acceptors (Lipinski definition) is 4. The van der Waals surface area contributed by atoms with Gasteiger partial charge in [-0.05, 0) is 37.6 Å². The van der Waals surface area contributed by atoms with E-state index in [0.29, 0.717) is 23.8 Å². The molecule has 3 rings (SSSR count). The summed E-state index contributed by atoms with van der Waals surface area (Å²) in [4.78, 5) is 2.51. The number of benzene rings is 1. The van der Waals surface area contributed by atoms with Gasteiger partial charge < -0.3 is 10.1 Å². The van der Waals surface area contributed by atoms with Crippen LogP contribution in [0.1, 0.15) is 24.8 Å². The Morgan fingerprint density at radius 2 is 2.33 bits per heavy atom. The second-order valence-electron chi connectivity index (χ2n) is 5.78. The maximum atomic E-state index is 13.1. The van der Waals surface area contributed by atoms with E-state index < -0.39 is 0 Å². The summed E-state index contributed by atoms with van der Waals surface area (Å²) in [5.41, 5.74) is 1.00. The number of fused-ring (bicyclic) bond motifs is 1. The lowest BCUT2D eigenvalue weighted by Gasteiger charge is -2.42. The van der Waals surface area contributed by atoms with Crippen LogP contribution < -0.4 is 5.32 Å². The molecule has 5 heteroatoms. The summed E-state index contributed by atoms with van der Waals surface area (Å²) in [6, 6.07) is 6.83. The Hall–Kier alpha value is -1.64. The third kappa shape index (κ3) is 3.34. The molecule has 2 unspecified atom stereocenters. The molecule has 1 aromatic rings. The zero-order chi connectivity index (χ0) is 14.7. The fourth-order valence-corrected chi connectivity index (χ4v) is 3.16. The Labute approximate surface area is 124 Å². The van der Waals surface area contributed by atoms with Gasteiger partial charge in [0.1, 0.15) is 11.9 Å². The lowest BCUT2D eigenvalue weighted by atomic mass is 10.0. The molecule has 2 atom stereocenters. The summed E-state index contributed by atoms with van der Waals surface area (Å²) in [5, 5.41) is 12.3. The molecule has 0 spiro atoms. The van der Waals surface area contributed by atoms with Gasteiger partial charge in [0.2, 0.25) is 0 Å². The Morgan fingerprint density at radius 3 is 3.19 bits per heavy atom. The molecule has 0 radical (unpaired) electrons. The van der Waals surface area contributed by atoms with Crippen molar-refractivity contribution in [2.45, 2.75) is 31.4 Å². The number of halogens is 1. The highest BCUT2D eigenvalue weighted by Gasteiger charge is 2.30. The molecule has 1 N–H and O–H groups in total. The Balaban J connectivity index is 1.57. The molecular formula is C16H20FN3O. The average Bonchev–Trinajstić information content (AvgIpc) is 2.53. The highest BCUT2D eigenvalue weighted by Crippen LogP contribution is 2.23. The summed E-state index contributed by atoms with van der Waals surface area (Å²) in [6.07, 6.45) is 3.93. The Morgan fingerprint density at radius 1 is 1.43 bits per heavy atom. The van der Waals surface area contributed by atoms with Gasteiger partial charge in [-0.15, -0.1) is 0 Å². The van der Waals surface area contributed by atoms with Crippen LogP contribution in [0.2, 0.25) is 0 Å². The molecule has 4 nitrogen and oxygen atoms in total. The zero-order valence-electron chi connectivity index (χ0n) is 12.0. The minimum Gasteiger partial charge on any atom is -0.381 e. The molecular weight excluding hydrogens is 269 g/mol. The number of ether oxygens (including phenoxy) is 1. The molecule has 0 aromatic heterocycles. The highest BCUT2D eigenvalue weighted by atomic mass is 19.1. The van der Waals surface area contributed by atoms with Crippen LogP contribution in [0.4, 0.5) is 10.1 Å². The number of anilines is 1. The van der Waals surface area contributed by atoms with Crippen molar-refractivity contribution in [3.05, 3.63) is 29.6 Å². The van der Waals surface area contributed by atoms with Gasteiger partial charge in [-0.1, -0.05) is 6.42 Å². The van der Waals surface area contributed by atoms with E-state index in [-0.39, 0.29) is 11.9 Å². The third-order valence-electron chi connectivity index (χ3n) is 4.33. The van der Waals surface area contributed by atoms with Crippen molar-refractivity contribution in [1.29, 1.82) is 5.26 Å². The average molecular weight is 289 g/mol. The molecule has 2 saturated heterocycles. The van der Waals surface area contributed by atoms with Crippen LogP contribution in [-0.2, 0) is 4.74 Å². The second kappa shape index (κ2) is 6.42. The molecule has 0 bridgehead atoms. The minimum atomic E-state index is -0.387. The van der Waals surface area contributed by atoms with Gasteiger partial charge in [-0.3, -0.25) is 4.90 Å². The van der Waals surface area contributed by atoms with Crippen molar-refractivity contribution in [3.8, 4) is 6.07 Å². The minimum absolute atomic E-state index is 0.121. The van der Waals surface area contributed by atoms with Crippen LogP contribution in [-0.4, -0.2) is 43.3 Å². The molecule has 2 heterocycles. The Kier molecular flexibility index (Phi) is 4.37. The first-order valence-electron chi connectivity index (χ1n) is 7.55. The van der Waals surface area contributed by atoms with Crippen LogP contribution in [0.25, 0.3) is 0 Å². The lowest BCUT2D eigenvalue weighted by Crippen LogP contribution is -2.53. The standard InChI is InChI=1S/C16H20FN3O/c17-13-4-5-16(12(7-13)8-18)19-9-15-10-20-6-2-1-3-14(20)11-21-15/h4-5,7,14-15,19H,1-3,6,9-11H2. The van der Waals surface area contributed by atoms with E-state index in [1.807, 2.05) is 6.07 Å². The van der Waals surface area contributed by atoms with Crippen LogP contribution in [0.15, 0.2) is 18.2 Å². The van der Waals surface area contributed by atoms with E-state index in [1.165, 1.54) is 31.4 Å². The highest BCUT2D eigenvalue weighted by molar-refractivity contribution is 5.57. The molecule has 112 valence electrons. The molecule has 1 aromatic carbocycles. The van der Waals surface area contributed by atoms with E-state index >= 15 is 0 Å². The number of rotatable bonds is 3. The van der Waals surface area contributed by atoms with Crippen molar-refractivity contribution in [2.75, 3.05) is 31.6 Å². The first kappa shape index (κ1) is 14.3. The Bertz CT molecular complexity index is 543. The smallest absolute Gasteiger partial charge is 0.124 e.